The van der Waals surface area contributed by atoms with Crippen LogP contribution in [-0.4, -0.2) is 30.5 Å². The highest BCUT2D eigenvalue weighted by Crippen LogP contribution is 2.06. The Labute approximate surface area is 91.0 Å². The number of rotatable bonds is 4. The van der Waals surface area contributed by atoms with Gasteiger partial charge in [0.15, 0.2) is 0 Å². The summed E-state index contributed by atoms with van der Waals surface area (Å²) in [7, 11) is -3.13. The minimum absolute atomic E-state index is 0.344. The summed E-state index contributed by atoms with van der Waals surface area (Å²) in [5, 5.41) is 0. The first-order valence-corrected chi connectivity index (χ1v) is 6.66. The molecule has 15 heavy (non-hydrogen) atoms. The van der Waals surface area contributed by atoms with E-state index >= 15 is 0 Å². The summed E-state index contributed by atoms with van der Waals surface area (Å²) in [6, 6.07) is 5.61. The van der Waals surface area contributed by atoms with E-state index in [0.29, 0.717) is 13.1 Å². The Hall–Kier alpha value is -0.940. The highest BCUT2D eigenvalue weighted by atomic mass is 32.2. The predicted molar refractivity (Wildman–Crippen MR) is 59.9 cm³/mol. The molecule has 0 spiro atoms. The second-order valence-electron chi connectivity index (χ2n) is 3.46. The minimum Gasteiger partial charge on any atom is -0.257 e. The highest BCUT2D eigenvalue weighted by molar-refractivity contribution is 7.88. The third-order valence-electron chi connectivity index (χ3n) is 2.11. The molecule has 0 N–H and O–H groups in total. The van der Waals surface area contributed by atoms with Crippen molar-refractivity contribution in [3.63, 3.8) is 0 Å². The fraction of sp³-hybridized carbons (Fsp3) is 0.500. The molecule has 1 aromatic heterocycles. The van der Waals surface area contributed by atoms with E-state index in [4.69, 9.17) is 0 Å². The molecule has 5 heteroatoms. The maximum Gasteiger partial charge on any atom is 0.211 e. The number of hydrogen-bond acceptors (Lipinski definition) is 3. The molecule has 1 heterocycles. The maximum absolute atomic E-state index is 11.3. The van der Waals surface area contributed by atoms with Crippen LogP contribution in [0.1, 0.15) is 18.3 Å². The molecule has 0 amide bonds. The Balaban J connectivity index is 2.85. The Morgan fingerprint density at radius 1 is 1.40 bits per heavy atom. The molecule has 1 aromatic rings. The summed E-state index contributed by atoms with van der Waals surface area (Å²) < 4.78 is 24.1. The van der Waals surface area contributed by atoms with Gasteiger partial charge in [-0.1, -0.05) is 13.0 Å². The second kappa shape index (κ2) is 4.72. The van der Waals surface area contributed by atoms with Crippen molar-refractivity contribution in [1.29, 1.82) is 0 Å². The summed E-state index contributed by atoms with van der Waals surface area (Å²) in [5.74, 6) is 0. The molecule has 0 fully saturated rings. The number of nitrogens with zero attached hydrogens (tertiary/aromatic N) is 2. The highest BCUT2D eigenvalue weighted by Gasteiger charge is 2.14. The van der Waals surface area contributed by atoms with Gasteiger partial charge in [0.1, 0.15) is 0 Å². The van der Waals surface area contributed by atoms with Crippen molar-refractivity contribution in [2.45, 2.75) is 20.4 Å². The summed E-state index contributed by atoms with van der Waals surface area (Å²) in [6.45, 7) is 4.52. The number of aromatic nitrogens is 1. The van der Waals surface area contributed by atoms with Crippen molar-refractivity contribution >= 4 is 10.0 Å². The molecule has 0 aliphatic carbocycles. The van der Waals surface area contributed by atoms with Crippen LogP contribution in [0.2, 0.25) is 0 Å². The van der Waals surface area contributed by atoms with Crippen molar-refractivity contribution in [3.8, 4) is 0 Å². The monoisotopic (exact) mass is 228 g/mol. The van der Waals surface area contributed by atoms with Gasteiger partial charge in [-0.3, -0.25) is 4.98 Å². The lowest BCUT2D eigenvalue weighted by Crippen LogP contribution is -2.29. The first kappa shape index (κ1) is 12.1. The number of hydrogen-bond donors (Lipinski definition) is 0. The van der Waals surface area contributed by atoms with Gasteiger partial charge in [-0.05, 0) is 19.1 Å². The van der Waals surface area contributed by atoms with Crippen LogP contribution < -0.4 is 0 Å². The molecule has 0 aromatic carbocycles. The zero-order valence-corrected chi connectivity index (χ0v) is 10.1. The van der Waals surface area contributed by atoms with E-state index in [1.807, 2.05) is 32.0 Å². The van der Waals surface area contributed by atoms with Crippen molar-refractivity contribution in [1.82, 2.24) is 9.29 Å². The molecular weight excluding hydrogens is 212 g/mol. The quantitative estimate of drug-likeness (QED) is 0.777. The number of pyridine rings is 1. The van der Waals surface area contributed by atoms with Gasteiger partial charge in [-0.15, -0.1) is 0 Å². The van der Waals surface area contributed by atoms with Gasteiger partial charge in [0, 0.05) is 12.2 Å². The summed E-state index contributed by atoms with van der Waals surface area (Å²) >= 11 is 0. The van der Waals surface area contributed by atoms with Gasteiger partial charge < -0.3 is 0 Å². The van der Waals surface area contributed by atoms with Gasteiger partial charge >= 0.3 is 0 Å². The number of aryl methyl sites for hydroxylation is 1. The average molecular weight is 228 g/mol. The normalized spacial score (nSPS) is 12.0. The summed E-state index contributed by atoms with van der Waals surface area (Å²) in [6.07, 6.45) is 1.21. The summed E-state index contributed by atoms with van der Waals surface area (Å²) in [5.41, 5.74) is 1.68. The van der Waals surface area contributed by atoms with Crippen LogP contribution in [0.25, 0.3) is 0 Å². The Kier molecular flexibility index (Phi) is 3.82. The molecule has 0 atom stereocenters. The molecule has 0 unspecified atom stereocenters. The lowest BCUT2D eigenvalue weighted by Gasteiger charge is -2.17. The predicted octanol–water partition coefficient (Wildman–Crippen LogP) is 1.17. The van der Waals surface area contributed by atoms with Crippen LogP contribution in [0.5, 0.6) is 0 Å². The smallest absolute Gasteiger partial charge is 0.211 e. The van der Waals surface area contributed by atoms with E-state index in [-0.39, 0.29) is 0 Å². The van der Waals surface area contributed by atoms with Crippen molar-refractivity contribution < 1.29 is 8.42 Å². The van der Waals surface area contributed by atoms with E-state index in [9.17, 15) is 8.42 Å². The Morgan fingerprint density at radius 3 is 2.53 bits per heavy atom. The minimum atomic E-state index is -3.13. The van der Waals surface area contributed by atoms with E-state index in [2.05, 4.69) is 4.98 Å². The first-order chi connectivity index (χ1) is 6.93. The van der Waals surface area contributed by atoms with Crippen molar-refractivity contribution in [2.24, 2.45) is 0 Å². The van der Waals surface area contributed by atoms with Gasteiger partial charge in [-0.25, -0.2) is 8.42 Å². The third kappa shape index (κ3) is 3.60. The molecular formula is C10H16N2O2S. The Bertz CT molecular complexity index is 429. The third-order valence-corrected chi connectivity index (χ3v) is 3.43. The standard InChI is InChI=1S/C10H16N2O2S/c1-4-12(15(3,13)14)8-10-7-5-6-9(2)11-10/h5-7H,4,8H2,1-3H3. The molecule has 0 radical (unpaired) electrons. The number of sulfonamides is 1. The molecule has 0 aliphatic rings. The van der Waals surface area contributed by atoms with Gasteiger partial charge in [0.05, 0.1) is 18.5 Å². The lowest BCUT2D eigenvalue weighted by atomic mass is 10.3. The molecule has 84 valence electrons. The van der Waals surface area contributed by atoms with Crippen LogP contribution in [0.3, 0.4) is 0 Å². The SMILES string of the molecule is CCN(Cc1cccc(C)n1)S(C)(=O)=O. The fourth-order valence-corrected chi connectivity index (χ4v) is 2.17. The van der Waals surface area contributed by atoms with Crippen molar-refractivity contribution in [2.75, 3.05) is 12.8 Å². The van der Waals surface area contributed by atoms with Gasteiger partial charge in [0.2, 0.25) is 10.0 Å². The largest absolute Gasteiger partial charge is 0.257 e. The van der Waals surface area contributed by atoms with E-state index < -0.39 is 10.0 Å². The molecule has 0 saturated heterocycles. The second-order valence-corrected chi connectivity index (χ2v) is 5.44. The van der Waals surface area contributed by atoms with Crippen molar-refractivity contribution in [3.05, 3.63) is 29.6 Å². The van der Waals surface area contributed by atoms with Crippen LogP contribution in [-0.2, 0) is 16.6 Å². The van der Waals surface area contributed by atoms with E-state index in [0.717, 1.165) is 11.4 Å². The first-order valence-electron chi connectivity index (χ1n) is 4.81. The molecule has 1 rings (SSSR count). The fourth-order valence-electron chi connectivity index (χ4n) is 1.33. The Morgan fingerprint density at radius 2 is 2.07 bits per heavy atom. The van der Waals surface area contributed by atoms with Crippen LogP contribution in [0.4, 0.5) is 0 Å². The maximum atomic E-state index is 11.3. The zero-order chi connectivity index (χ0) is 11.5. The van der Waals surface area contributed by atoms with E-state index in [1.54, 1.807) is 0 Å². The topological polar surface area (TPSA) is 50.3 Å². The van der Waals surface area contributed by atoms with E-state index in [1.165, 1.54) is 10.6 Å². The summed E-state index contributed by atoms with van der Waals surface area (Å²) in [4.78, 5) is 4.27. The molecule has 0 bridgehead atoms. The molecule has 0 aliphatic heterocycles. The molecule has 0 saturated carbocycles. The van der Waals surface area contributed by atoms with Gasteiger partial charge in [-0.2, -0.15) is 4.31 Å². The lowest BCUT2D eigenvalue weighted by molar-refractivity contribution is 0.423. The average Bonchev–Trinajstić information content (AvgIpc) is 2.12. The van der Waals surface area contributed by atoms with Crippen LogP contribution >= 0.6 is 0 Å². The molecule has 4 nitrogen and oxygen atoms in total. The van der Waals surface area contributed by atoms with Crippen LogP contribution in [0, 0.1) is 6.92 Å². The zero-order valence-electron chi connectivity index (χ0n) is 9.27. The van der Waals surface area contributed by atoms with Crippen LogP contribution in [0.15, 0.2) is 18.2 Å². The van der Waals surface area contributed by atoms with Gasteiger partial charge in [0.25, 0.3) is 0 Å².